The molecule has 1 saturated heterocycles. The molecule has 2 heterocycles. The molecule has 2 aromatic rings. The Morgan fingerprint density at radius 3 is 2.77 bits per heavy atom. The maximum Gasteiger partial charge on any atom is 0.317 e. The summed E-state index contributed by atoms with van der Waals surface area (Å²) in [5.74, 6) is -0.599. The first kappa shape index (κ1) is 21.3. The zero-order valence-corrected chi connectivity index (χ0v) is 18.2. The van der Waals surface area contributed by atoms with Gasteiger partial charge in [0, 0.05) is 20.1 Å². The Morgan fingerprint density at radius 2 is 2.13 bits per heavy atom. The van der Waals surface area contributed by atoms with Crippen molar-refractivity contribution in [3.63, 3.8) is 0 Å². The monoisotopic (exact) mass is 441 g/mol. The van der Waals surface area contributed by atoms with Gasteiger partial charge >= 0.3 is 5.97 Å². The van der Waals surface area contributed by atoms with Gasteiger partial charge in [0.2, 0.25) is 0 Å². The summed E-state index contributed by atoms with van der Waals surface area (Å²) in [5, 5.41) is 5.21. The number of rotatable bonds is 4. The Labute approximate surface area is 184 Å². The molecule has 1 unspecified atom stereocenters. The number of aryl methyl sites for hydroxylation is 1. The molecule has 1 fully saturated rings. The normalized spacial score (nSPS) is 24.2. The number of hydrogen-bond donors (Lipinski definition) is 1. The molecule has 0 radical (unpaired) electrons. The summed E-state index contributed by atoms with van der Waals surface area (Å²) in [5.41, 5.74) is 8.17. The van der Waals surface area contributed by atoms with Gasteiger partial charge in [-0.3, -0.25) is 9.48 Å². The van der Waals surface area contributed by atoms with Crippen LogP contribution in [0.25, 0.3) is 0 Å². The third-order valence-corrected chi connectivity index (χ3v) is 6.83. The summed E-state index contributed by atoms with van der Waals surface area (Å²) in [6.45, 7) is 1.26. The highest BCUT2D eigenvalue weighted by atomic mass is 32.2. The van der Waals surface area contributed by atoms with Gasteiger partial charge in [0.05, 0.1) is 24.7 Å². The van der Waals surface area contributed by atoms with Gasteiger partial charge in [-0.25, -0.2) is 13.7 Å². The summed E-state index contributed by atoms with van der Waals surface area (Å²) in [6, 6.07) is 7.91. The van der Waals surface area contributed by atoms with Gasteiger partial charge < -0.3 is 10.5 Å². The zero-order valence-electron chi connectivity index (χ0n) is 17.4. The quantitative estimate of drug-likeness (QED) is 0.578. The summed E-state index contributed by atoms with van der Waals surface area (Å²) in [7, 11) is 3.30. The maximum absolute atomic E-state index is 13.2. The van der Waals surface area contributed by atoms with Crippen LogP contribution < -0.4 is 5.73 Å². The molecular formula is C22H24FN5O2S. The second kappa shape index (κ2) is 8.68. The highest BCUT2D eigenvalue weighted by Crippen LogP contribution is 2.47. The largest absolute Gasteiger partial charge is 0.468 e. The Balaban J connectivity index is 1.69. The van der Waals surface area contributed by atoms with Crippen LogP contribution in [-0.4, -0.2) is 46.0 Å². The van der Waals surface area contributed by atoms with E-state index in [1.54, 1.807) is 35.0 Å². The minimum absolute atomic E-state index is 0.283. The van der Waals surface area contributed by atoms with E-state index < -0.39 is 5.41 Å². The van der Waals surface area contributed by atoms with E-state index >= 15 is 0 Å². The Bertz CT molecular complexity index is 1080. The van der Waals surface area contributed by atoms with Crippen LogP contribution in [0.1, 0.15) is 12.8 Å². The van der Waals surface area contributed by atoms with Crippen molar-refractivity contribution in [3.05, 3.63) is 65.8 Å². The van der Waals surface area contributed by atoms with Crippen molar-refractivity contribution < 1.29 is 13.9 Å². The van der Waals surface area contributed by atoms with Gasteiger partial charge in [0.25, 0.3) is 0 Å². The van der Waals surface area contributed by atoms with Gasteiger partial charge in [-0.15, -0.1) is 0 Å². The second-order valence-electron chi connectivity index (χ2n) is 7.58. The van der Waals surface area contributed by atoms with E-state index in [9.17, 15) is 9.18 Å². The van der Waals surface area contributed by atoms with Gasteiger partial charge in [-0.05, 0) is 78.5 Å². The van der Waals surface area contributed by atoms with Crippen LogP contribution in [0.2, 0.25) is 0 Å². The fourth-order valence-electron chi connectivity index (χ4n) is 4.05. The van der Waals surface area contributed by atoms with Crippen LogP contribution in [0.5, 0.6) is 0 Å². The number of ether oxygens (including phenoxy) is 1. The number of esters is 1. The first-order valence-electron chi connectivity index (χ1n) is 9.91. The summed E-state index contributed by atoms with van der Waals surface area (Å²) in [4.78, 5) is 17.7. The molecule has 0 spiro atoms. The van der Waals surface area contributed by atoms with Crippen molar-refractivity contribution in [1.29, 1.82) is 0 Å². The minimum atomic E-state index is -0.828. The van der Waals surface area contributed by atoms with Gasteiger partial charge in [-0.2, -0.15) is 5.10 Å². The molecule has 1 aliphatic carbocycles. The summed E-state index contributed by atoms with van der Waals surface area (Å²) >= 11 is 1.58. The molecule has 4 rings (SSSR count). The average Bonchev–Trinajstić information content (AvgIpc) is 3.18. The number of aliphatic imine (C=N–C) groups is 1. The van der Waals surface area contributed by atoms with Crippen LogP contribution in [0.4, 0.5) is 10.1 Å². The number of hydrogen-bond acceptors (Lipinski definition) is 7. The van der Waals surface area contributed by atoms with E-state index in [2.05, 4.69) is 14.4 Å². The van der Waals surface area contributed by atoms with Crippen molar-refractivity contribution in [1.82, 2.24) is 14.1 Å². The lowest BCUT2D eigenvalue weighted by atomic mass is 9.67. The van der Waals surface area contributed by atoms with Crippen molar-refractivity contribution in [2.45, 2.75) is 17.9 Å². The number of fused-ring (bicyclic) bond motifs is 1. The number of nitrogens with zero attached hydrogens (tertiary/aromatic N) is 4. The Kier molecular flexibility index (Phi) is 5.97. The lowest BCUT2D eigenvalue weighted by molar-refractivity contribution is -0.151. The molecule has 9 heteroatoms. The van der Waals surface area contributed by atoms with E-state index in [-0.39, 0.29) is 11.8 Å². The molecule has 7 nitrogen and oxygen atoms in total. The molecule has 1 atom stereocenters. The van der Waals surface area contributed by atoms with Crippen LogP contribution in [0.3, 0.4) is 0 Å². The number of aromatic nitrogens is 2. The number of carbonyl (C=O) groups is 1. The minimum Gasteiger partial charge on any atom is -0.468 e. The number of carbonyl (C=O) groups excluding carboxylic acids is 1. The molecule has 162 valence electrons. The topological polar surface area (TPSA) is 85.7 Å². The second-order valence-corrected chi connectivity index (χ2v) is 8.70. The van der Waals surface area contributed by atoms with Crippen molar-refractivity contribution in [2.24, 2.45) is 23.2 Å². The third-order valence-electron chi connectivity index (χ3n) is 5.68. The fraction of sp³-hybridized carbons (Fsp3) is 0.318. The Morgan fingerprint density at radius 1 is 1.35 bits per heavy atom. The third kappa shape index (κ3) is 4.15. The number of halogens is 1. The molecule has 0 saturated carbocycles. The van der Waals surface area contributed by atoms with E-state index in [0.29, 0.717) is 30.8 Å². The van der Waals surface area contributed by atoms with Crippen LogP contribution >= 0.6 is 11.9 Å². The highest BCUT2D eigenvalue weighted by molar-refractivity contribution is 7.97. The summed E-state index contributed by atoms with van der Waals surface area (Å²) < 4.78 is 22.5. The van der Waals surface area contributed by atoms with Gasteiger partial charge in [0.1, 0.15) is 16.3 Å². The standard InChI is InChI=1S/C22H24FN5O2S/c1-27-20(7-9-25-27)31-28-10-8-16-11-19(26-18-5-3-17(23)4-6-18)15(13-24)12-22(16,14-28)21(29)30-2/h3-7,9,11,13H,8,10,12,14,24H2,1-2H3. The first-order valence-corrected chi connectivity index (χ1v) is 10.7. The molecule has 0 bridgehead atoms. The SMILES string of the molecule is COC(=O)C12CC(=CN)C(=Nc3ccc(F)cc3)C=C1CCN(Sc1ccnn1C)C2. The van der Waals surface area contributed by atoms with E-state index in [1.807, 2.05) is 19.2 Å². The average molecular weight is 442 g/mol. The van der Waals surface area contributed by atoms with E-state index in [4.69, 9.17) is 10.5 Å². The molecule has 1 aromatic heterocycles. The number of nitrogens with two attached hydrogens (primary N) is 1. The van der Waals surface area contributed by atoms with Crippen LogP contribution in [-0.2, 0) is 16.6 Å². The smallest absolute Gasteiger partial charge is 0.317 e. The predicted octanol–water partition coefficient (Wildman–Crippen LogP) is 3.38. The zero-order chi connectivity index (χ0) is 22.0. The van der Waals surface area contributed by atoms with Crippen molar-refractivity contribution >= 4 is 29.3 Å². The molecule has 2 aliphatic rings. The van der Waals surface area contributed by atoms with Crippen molar-refractivity contribution in [3.8, 4) is 0 Å². The van der Waals surface area contributed by atoms with Gasteiger partial charge in [-0.1, -0.05) is 0 Å². The predicted molar refractivity (Wildman–Crippen MR) is 118 cm³/mol. The molecule has 1 aliphatic heterocycles. The van der Waals surface area contributed by atoms with Crippen LogP contribution in [0, 0.1) is 11.2 Å². The van der Waals surface area contributed by atoms with Gasteiger partial charge in [0.15, 0.2) is 0 Å². The molecule has 2 N–H and O–H groups in total. The summed E-state index contributed by atoms with van der Waals surface area (Å²) in [6.07, 6.45) is 6.27. The van der Waals surface area contributed by atoms with E-state index in [0.717, 1.165) is 22.7 Å². The number of benzene rings is 1. The highest BCUT2D eigenvalue weighted by Gasteiger charge is 2.50. The number of methoxy groups -OCH3 is 1. The molecule has 0 amide bonds. The Hall–Kier alpha value is -2.91. The number of piperidine rings is 1. The fourth-order valence-corrected chi connectivity index (χ4v) is 5.07. The molecule has 1 aromatic carbocycles. The van der Waals surface area contributed by atoms with Crippen molar-refractivity contribution in [2.75, 3.05) is 20.2 Å². The van der Waals surface area contributed by atoms with E-state index in [1.165, 1.54) is 25.4 Å². The lowest BCUT2D eigenvalue weighted by Gasteiger charge is -2.44. The molecular weight excluding hydrogens is 417 g/mol. The van der Waals surface area contributed by atoms with Crippen LogP contribution in [0.15, 0.2) is 70.0 Å². The molecule has 31 heavy (non-hydrogen) atoms. The number of allylic oxidation sites excluding steroid dienone is 2. The lowest BCUT2D eigenvalue weighted by Crippen LogP contribution is -2.50. The first-order chi connectivity index (χ1) is 14.9. The maximum atomic E-state index is 13.2.